The molecule has 5 aliphatic rings. The minimum Gasteiger partial charge on any atom is -0.674 e. The van der Waals surface area contributed by atoms with Gasteiger partial charge in [-0.3, -0.25) is 6.08 Å². The van der Waals surface area contributed by atoms with Crippen molar-refractivity contribution in [2.45, 2.75) is 78.9 Å². The third kappa shape index (κ3) is 6.76. The Labute approximate surface area is 182 Å². The minimum absolute atomic E-state index is 0. The van der Waals surface area contributed by atoms with Crippen molar-refractivity contribution in [1.82, 2.24) is 0 Å². The second-order valence-electron chi connectivity index (χ2n) is 8.33. The summed E-state index contributed by atoms with van der Waals surface area (Å²) < 4.78 is 0. The molecule has 3 heteroatoms. The molecule has 0 spiro atoms. The number of rotatable bonds is 0. The molecule has 1 nitrogen and oxygen atoms in total. The van der Waals surface area contributed by atoms with Crippen molar-refractivity contribution in [2.24, 2.45) is 29.6 Å². The second kappa shape index (κ2) is 12.8. The monoisotopic (exact) mass is 408 g/mol. The van der Waals surface area contributed by atoms with Gasteiger partial charge in [0.2, 0.25) is 0 Å². The third-order valence-corrected chi connectivity index (χ3v) is 6.46. The molecule has 4 fully saturated rings. The fourth-order valence-electron chi connectivity index (χ4n) is 5.09. The normalized spacial score (nSPS) is 35.6. The Morgan fingerprint density at radius 2 is 1.27 bits per heavy atom. The standard InChI is InChI=1S/C10H16N.C9H13.C2H7Si.2CH3.Ti/c11-10-8-2-6-1-7(4-8)5-9(10)3-6;1-6-5-7(2)9(4)8(6)3;1-3-2;;;/h6-11H,1-5H2;6H,1-4H3;3H,1-2H3;2*1H3;/q2*-1;;2*-1;+4. The van der Waals surface area contributed by atoms with Gasteiger partial charge in [0.1, 0.15) is 0 Å². The molecule has 0 aliphatic heterocycles. The first kappa shape index (κ1) is 28.6. The Kier molecular flexibility index (Phi) is 14.0. The summed E-state index contributed by atoms with van der Waals surface area (Å²) >= 11 is 0. The van der Waals surface area contributed by atoms with Crippen LogP contribution in [0.5, 0.6) is 0 Å². The summed E-state index contributed by atoms with van der Waals surface area (Å²) in [6.07, 6.45) is 10.5. The second-order valence-corrected chi connectivity index (χ2v) is 9.49. The topological polar surface area (TPSA) is 23.8 Å². The fourth-order valence-corrected chi connectivity index (χ4v) is 5.09. The first-order valence-corrected chi connectivity index (χ1v) is 11.9. The Balaban J connectivity index is 0. The average Bonchev–Trinajstić information content (AvgIpc) is 2.72. The fraction of sp³-hybridized carbons (Fsp3) is 0.739. The Morgan fingerprint density at radius 3 is 1.50 bits per heavy atom. The molecule has 0 heterocycles. The van der Waals surface area contributed by atoms with E-state index in [9.17, 15) is 0 Å². The maximum absolute atomic E-state index is 8.00. The van der Waals surface area contributed by atoms with Crippen LogP contribution >= 0.6 is 0 Å². The van der Waals surface area contributed by atoms with E-state index in [0.29, 0.717) is 12.0 Å². The predicted molar refractivity (Wildman–Crippen MR) is 117 cm³/mol. The maximum Gasteiger partial charge on any atom is 4.00 e. The van der Waals surface area contributed by atoms with Gasteiger partial charge in [0.15, 0.2) is 0 Å². The van der Waals surface area contributed by atoms with E-state index < -0.39 is 0 Å². The summed E-state index contributed by atoms with van der Waals surface area (Å²) in [5.41, 5.74) is 12.2. The van der Waals surface area contributed by atoms with Crippen molar-refractivity contribution in [1.29, 1.82) is 0 Å². The molecule has 4 saturated carbocycles. The summed E-state index contributed by atoms with van der Waals surface area (Å²) in [5.74, 6) is 4.26. The molecule has 0 aromatic rings. The summed E-state index contributed by atoms with van der Waals surface area (Å²) in [7, 11) is 0.750. The molecule has 5 aliphatic carbocycles. The summed E-state index contributed by atoms with van der Waals surface area (Å²) in [5, 5.41) is 0. The van der Waals surface area contributed by atoms with Crippen LogP contribution in [0.25, 0.3) is 5.73 Å². The smallest absolute Gasteiger partial charge is 0.674 e. The van der Waals surface area contributed by atoms with Gasteiger partial charge in [0.25, 0.3) is 0 Å². The molecule has 147 valence electrons. The van der Waals surface area contributed by atoms with E-state index in [-0.39, 0.29) is 36.6 Å². The van der Waals surface area contributed by atoms with Crippen LogP contribution in [0.4, 0.5) is 0 Å². The van der Waals surface area contributed by atoms with Gasteiger partial charge >= 0.3 is 21.7 Å². The van der Waals surface area contributed by atoms with E-state index >= 15 is 0 Å². The van der Waals surface area contributed by atoms with Crippen LogP contribution in [0.15, 0.2) is 16.7 Å². The molecule has 1 N–H and O–H groups in total. The number of allylic oxidation sites excluding steroid dienone is 4. The van der Waals surface area contributed by atoms with Gasteiger partial charge < -0.3 is 20.6 Å². The van der Waals surface area contributed by atoms with Crippen molar-refractivity contribution in [3.8, 4) is 0 Å². The molecule has 0 aromatic carbocycles. The molecule has 0 aromatic heterocycles. The number of hydrogen-bond acceptors (Lipinski definition) is 0. The summed E-state index contributed by atoms with van der Waals surface area (Å²) in [6, 6.07) is 0.336. The van der Waals surface area contributed by atoms with Crippen molar-refractivity contribution in [2.75, 3.05) is 0 Å². The molecule has 26 heavy (non-hydrogen) atoms. The van der Waals surface area contributed by atoms with Crippen LogP contribution in [-0.2, 0) is 21.7 Å². The van der Waals surface area contributed by atoms with Gasteiger partial charge in [-0.25, -0.2) is 5.57 Å². The van der Waals surface area contributed by atoms with Crippen LogP contribution < -0.4 is 0 Å². The summed E-state index contributed by atoms with van der Waals surface area (Å²) in [6.45, 7) is 13.1. The van der Waals surface area contributed by atoms with Crippen molar-refractivity contribution >= 4 is 9.52 Å². The predicted octanol–water partition coefficient (Wildman–Crippen LogP) is 7.00. The molecular weight excluding hydrogens is 366 g/mol. The molecule has 1 radical (unpaired) electrons. The summed E-state index contributed by atoms with van der Waals surface area (Å²) in [4.78, 5) is 0. The van der Waals surface area contributed by atoms with Gasteiger partial charge in [-0.2, -0.15) is 11.1 Å². The van der Waals surface area contributed by atoms with Crippen molar-refractivity contribution in [3.63, 3.8) is 0 Å². The SMILES string of the molecule is CC1=[C-]C(C)C(C)=C1C.C[SiH]C.[CH3-].[CH3-].[NH-]C1C2CC3CC(C2)CC1C3.[Ti+4]. The molecule has 1 atom stereocenters. The van der Waals surface area contributed by atoms with Gasteiger partial charge in [-0.15, -0.1) is 13.0 Å². The Hall–Kier alpha value is 0.371. The van der Waals surface area contributed by atoms with Crippen LogP contribution in [0.2, 0.25) is 13.1 Å². The number of nitrogens with one attached hydrogen (secondary N) is 1. The third-order valence-electron chi connectivity index (χ3n) is 6.46. The molecule has 1 unspecified atom stereocenters. The van der Waals surface area contributed by atoms with Gasteiger partial charge in [0.05, 0.1) is 0 Å². The van der Waals surface area contributed by atoms with E-state index in [2.05, 4.69) is 46.9 Å². The van der Waals surface area contributed by atoms with Crippen LogP contribution in [0.3, 0.4) is 0 Å². The van der Waals surface area contributed by atoms with E-state index in [0.717, 1.165) is 33.2 Å². The minimum atomic E-state index is 0. The molecule has 0 saturated heterocycles. The average molecular weight is 409 g/mol. The van der Waals surface area contributed by atoms with Gasteiger partial charge in [0, 0.05) is 9.52 Å². The van der Waals surface area contributed by atoms with Crippen molar-refractivity contribution < 1.29 is 21.7 Å². The van der Waals surface area contributed by atoms with Crippen LogP contribution in [0, 0.1) is 50.5 Å². The van der Waals surface area contributed by atoms with E-state index in [1.54, 1.807) is 0 Å². The Morgan fingerprint density at radius 1 is 0.885 bits per heavy atom. The molecule has 5 rings (SSSR count). The quantitative estimate of drug-likeness (QED) is 0.304. The van der Waals surface area contributed by atoms with Crippen molar-refractivity contribution in [3.05, 3.63) is 43.4 Å². The first-order valence-electron chi connectivity index (χ1n) is 9.60. The van der Waals surface area contributed by atoms with E-state index in [1.165, 1.54) is 48.8 Å². The first-order chi connectivity index (χ1) is 10.9. The number of hydrogen-bond donors (Lipinski definition) is 0. The van der Waals surface area contributed by atoms with Crippen LogP contribution in [-0.4, -0.2) is 15.6 Å². The zero-order valence-electron chi connectivity index (χ0n) is 18.6. The van der Waals surface area contributed by atoms with E-state index in [4.69, 9.17) is 5.73 Å². The molecule has 0 amide bonds. The maximum atomic E-state index is 8.00. The zero-order valence-corrected chi connectivity index (χ0v) is 21.3. The zero-order chi connectivity index (χ0) is 17.1. The Bertz CT molecular complexity index is 441. The van der Waals surface area contributed by atoms with Crippen LogP contribution in [0.1, 0.15) is 59.8 Å². The largest absolute Gasteiger partial charge is 4.00 e. The molecular formula is C23H42NSiTi. The van der Waals surface area contributed by atoms with Gasteiger partial charge in [-0.1, -0.05) is 51.6 Å². The van der Waals surface area contributed by atoms with Gasteiger partial charge in [-0.05, 0) is 43.9 Å². The molecule has 4 bridgehead atoms. The van der Waals surface area contributed by atoms with E-state index in [1.807, 2.05) is 0 Å².